The van der Waals surface area contributed by atoms with Crippen molar-refractivity contribution in [1.29, 1.82) is 0 Å². The Morgan fingerprint density at radius 1 is 1.14 bits per heavy atom. The monoisotopic (exact) mass is 302 g/mol. The van der Waals surface area contributed by atoms with E-state index >= 15 is 0 Å². The standard InChI is InChI=1S/C15H14N2O3S/c1-11-6-7-15(20-11)21(18,19)17-10-12-8-9-16-14-5-3-2-4-13(12)14/h2-9,17H,10H2,1H3. The van der Waals surface area contributed by atoms with Gasteiger partial charge in [0.25, 0.3) is 10.0 Å². The lowest BCUT2D eigenvalue weighted by atomic mass is 10.1. The van der Waals surface area contributed by atoms with Gasteiger partial charge in [-0.3, -0.25) is 4.98 Å². The van der Waals surface area contributed by atoms with Crippen LogP contribution in [0.4, 0.5) is 0 Å². The molecule has 2 aromatic heterocycles. The highest BCUT2D eigenvalue weighted by molar-refractivity contribution is 7.89. The van der Waals surface area contributed by atoms with Gasteiger partial charge in [0.1, 0.15) is 5.76 Å². The van der Waals surface area contributed by atoms with Crippen LogP contribution in [0.15, 0.2) is 58.2 Å². The van der Waals surface area contributed by atoms with E-state index in [0.717, 1.165) is 16.5 Å². The first kappa shape index (κ1) is 13.8. The third-order valence-corrected chi connectivity index (χ3v) is 4.45. The number of rotatable bonds is 4. The molecule has 1 aromatic carbocycles. The maximum Gasteiger partial charge on any atom is 0.274 e. The zero-order valence-electron chi connectivity index (χ0n) is 11.4. The van der Waals surface area contributed by atoms with Crippen molar-refractivity contribution in [1.82, 2.24) is 9.71 Å². The number of hydrogen-bond donors (Lipinski definition) is 1. The van der Waals surface area contributed by atoms with E-state index in [1.807, 2.05) is 24.3 Å². The highest BCUT2D eigenvalue weighted by Crippen LogP contribution is 2.17. The third-order valence-electron chi connectivity index (χ3n) is 3.17. The largest absolute Gasteiger partial charge is 0.449 e. The average Bonchev–Trinajstić information content (AvgIpc) is 2.93. The van der Waals surface area contributed by atoms with Gasteiger partial charge >= 0.3 is 0 Å². The van der Waals surface area contributed by atoms with Crippen molar-refractivity contribution in [2.75, 3.05) is 0 Å². The number of fused-ring (bicyclic) bond motifs is 1. The van der Waals surface area contributed by atoms with E-state index in [1.165, 1.54) is 6.07 Å². The predicted molar refractivity (Wildman–Crippen MR) is 79.2 cm³/mol. The fourth-order valence-corrected chi connectivity index (χ4v) is 3.09. The van der Waals surface area contributed by atoms with E-state index in [4.69, 9.17) is 4.42 Å². The summed E-state index contributed by atoms with van der Waals surface area (Å²) in [7, 11) is -3.64. The SMILES string of the molecule is Cc1ccc(S(=O)(=O)NCc2ccnc3ccccc23)o1. The molecule has 3 aromatic rings. The number of furan rings is 1. The lowest BCUT2D eigenvalue weighted by Gasteiger charge is -2.07. The Bertz CT molecular complexity index is 879. The molecule has 0 aliphatic rings. The fraction of sp³-hybridized carbons (Fsp3) is 0.133. The maximum atomic E-state index is 12.1. The summed E-state index contributed by atoms with van der Waals surface area (Å²) in [5.41, 5.74) is 1.70. The van der Waals surface area contributed by atoms with Gasteiger partial charge in [-0.05, 0) is 36.8 Å². The van der Waals surface area contributed by atoms with Crippen molar-refractivity contribution in [3.8, 4) is 0 Å². The van der Waals surface area contributed by atoms with Crippen LogP contribution in [0.5, 0.6) is 0 Å². The van der Waals surface area contributed by atoms with E-state index in [1.54, 1.807) is 25.3 Å². The molecule has 5 nitrogen and oxygen atoms in total. The number of para-hydroxylation sites is 1. The Hall–Kier alpha value is -2.18. The number of aryl methyl sites for hydroxylation is 1. The molecule has 0 fully saturated rings. The Balaban J connectivity index is 1.87. The molecule has 0 saturated heterocycles. The molecule has 0 aliphatic heterocycles. The first-order valence-electron chi connectivity index (χ1n) is 6.45. The number of sulfonamides is 1. The van der Waals surface area contributed by atoms with Crippen LogP contribution >= 0.6 is 0 Å². The van der Waals surface area contributed by atoms with Crippen LogP contribution in [0.25, 0.3) is 10.9 Å². The lowest BCUT2D eigenvalue weighted by molar-refractivity contribution is 0.425. The number of hydrogen-bond acceptors (Lipinski definition) is 4. The van der Waals surface area contributed by atoms with Crippen molar-refractivity contribution in [2.24, 2.45) is 0 Å². The smallest absolute Gasteiger partial charge is 0.274 e. The molecule has 0 atom stereocenters. The molecule has 0 unspecified atom stereocenters. The van der Waals surface area contributed by atoms with Crippen molar-refractivity contribution >= 4 is 20.9 Å². The molecule has 0 aliphatic carbocycles. The second-order valence-electron chi connectivity index (χ2n) is 4.68. The van der Waals surface area contributed by atoms with Gasteiger partial charge in [0.05, 0.1) is 5.52 Å². The van der Waals surface area contributed by atoms with Crippen LogP contribution in [0, 0.1) is 6.92 Å². The third kappa shape index (κ3) is 2.81. The summed E-state index contributed by atoms with van der Waals surface area (Å²) in [5.74, 6) is 0.560. The van der Waals surface area contributed by atoms with E-state index in [2.05, 4.69) is 9.71 Å². The molecule has 21 heavy (non-hydrogen) atoms. The van der Waals surface area contributed by atoms with Crippen molar-refractivity contribution < 1.29 is 12.8 Å². The lowest BCUT2D eigenvalue weighted by Crippen LogP contribution is -2.22. The number of nitrogens with zero attached hydrogens (tertiary/aromatic N) is 1. The van der Waals surface area contributed by atoms with Gasteiger partial charge in [-0.1, -0.05) is 18.2 Å². The van der Waals surface area contributed by atoms with E-state index in [9.17, 15) is 8.42 Å². The van der Waals surface area contributed by atoms with Crippen molar-refractivity contribution in [2.45, 2.75) is 18.6 Å². The fourth-order valence-electron chi connectivity index (χ4n) is 2.11. The second kappa shape index (κ2) is 5.31. The molecule has 1 N–H and O–H groups in total. The molecule has 0 spiro atoms. The van der Waals surface area contributed by atoms with Gasteiger partial charge in [-0.15, -0.1) is 0 Å². The number of pyridine rings is 1. The van der Waals surface area contributed by atoms with Crippen molar-refractivity contribution in [3.05, 3.63) is 60.0 Å². The molecule has 3 rings (SSSR count). The summed E-state index contributed by atoms with van der Waals surface area (Å²) < 4.78 is 32.0. The van der Waals surface area contributed by atoms with Gasteiger partial charge in [0.15, 0.2) is 0 Å². The Kier molecular flexibility index (Phi) is 3.48. The van der Waals surface area contributed by atoms with E-state index < -0.39 is 10.0 Å². The quantitative estimate of drug-likeness (QED) is 0.804. The van der Waals surface area contributed by atoms with Crippen LogP contribution in [0.3, 0.4) is 0 Å². The first-order chi connectivity index (χ1) is 10.1. The molecular formula is C15H14N2O3S. The molecule has 6 heteroatoms. The van der Waals surface area contributed by atoms with Crippen LogP contribution in [-0.2, 0) is 16.6 Å². The highest BCUT2D eigenvalue weighted by Gasteiger charge is 2.18. The summed E-state index contributed by atoms with van der Waals surface area (Å²) in [6, 6.07) is 12.5. The summed E-state index contributed by atoms with van der Waals surface area (Å²) in [5, 5.41) is 0.858. The van der Waals surface area contributed by atoms with Gasteiger partial charge in [0.2, 0.25) is 5.09 Å². The van der Waals surface area contributed by atoms with E-state index in [-0.39, 0.29) is 11.6 Å². The van der Waals surface area contributed by atoms with Gasteiger partial charge in [0, 0.05) is 18.1 Å². The minimum Gasteiger partial charge on any atom is -0.449 e. The molecular weight excluding hydrogens is 288 g/mol. The molecule has 0 saturated carbocycles. The zero-order valence-corrected chi connectivity index (χ0v) is 12.2. The van der Waals surface area contributed by atoms with Crippen LogP contribution in [0.1, 0.15) is 11.3 Å². The summed E-state index contributed by atoms with van der Waals surface area (Å²) in [6.45, 7) is 1.89. The van der Waals surface area contributed by atoms with Crippen LogP contribution in [0.2, 0.25) is 0 Å². The minimum absolute atomic E-state index is 0.0710. The predicted octanol–water partition coefficient (Wildman–Crippen LogP) is 2.61. The van der Waals surface area contributed by atoms with E-state index in [0.29, 0.717) is 5.76 Å². The van der Waals surface area contributed by atoms with Gasteiger partial charge < -0.3 is 4.42 Å². The molecule has 0 bridgehead atoms. The van der Waals surface area contributed by atoms with Crippen LogP contribution < -0.4 is 4.72 Å². The molecule has 2 heterocycles. The molecule has 0 amide bonds. The zero-order chi connectivity index (χ0) is 14.9. The van der Waals surface area contributed by atoms with Crippen molar-refractivity contribution in [3.63, 3.8) is 0 Å². The minimum atomic E-state index is -3.64. The molecule has 108 valence electrons. The number of nitrogens with one attached hydrogen (secondary N) is 1. The second-order valence-corrected chi connectivity index (χ2v) is 6.37. The highest BCUT2D eigenvalue weighted by atomic mass is 32.2. The summed E-state index contributed by atoms with van der Waals surface area (Å²) in [4.78, 5) is 4.25. The normalized spacial score (nSPS) is 11.9. The average molecular weight is 302 g/mol. The Labute approximate surface area is 122 Å². The van der Waals surface area contributed by atoms with Gasteiger partial charge in [-0.25, -0.2) is 13.1 Å². The maximum absolute atomic E-state index is 12.1. The Morgan fingerprint density at radius 3 is 2.71 bits per heavy atom. The number of aromatic nitrogens is 1. The number of benzene rings is 1. The molecule has 0 radical (unpaired) electrons. The summed E-state index contributed by atoms with van der Waals surface area (Å²) in [6.07, 6.45) is 1.67. The first-order valence-corrected chi connectivity index (χ1v) is 7.93. The Morgan fingerprint density at radius 2 is 1.95 bits per heavy atom. The summed E-state index contributed by atoms with van der Waals surface area (Å²) >= 11 is 0. The van der Waals surface area contributed by atoms with Crippen LogP contribution in [-0.4, -0.2) is 13.4 Å². The topological polar surface area (TPSA) is 72.2 Å². The van der Waals surface area contributed by atoms with Gasteiger partial charge in [-0.2, -0.15) is 0 Å².